The van der Waals surface area contributed by atoms with Crippen LogP contribution in [0.15, 0.2) is 53.9 Å². The normalized spacial score (nSPS) is 11.1. The molecule has 0 aliphatic carbocycles. The fourth-order valence-corrected chi connectivity index (χ4v) is 3.26. The zero-order valence-corrected chi connectivity index (χ0v) is 15.5. The molecule has 136 valence electrons. The van der Waals surface area contributed by atoms with Crippen LogP contribution in [-0.4, -0.2) is 6.61 Å². The van der Waals surface area contributed by atoms with Gasteiger partial charge in [-0.05, 0) is 52.8 Å². The van der Waals surface area contributed by atoms with Crippen LogP contribution in [0.5, 0.6) is 11.5 Å². The Morgan fingerprint density at radius 3 is 2.31 bits per heavy atom. The molecule has 0 saturated heterocycles. The van der Waals surface area contributed by atoms with E-state index < -0.39 is 17.4 Å². The van der Waals surface area contributed by atoms with E-state index in [0.717, 1.165) is 10.4 Å². The number of para-hydroxylation sites is 1. The van der Waals surface area contributed by atoms with Crippen molar-refractivity contribution in [2.24, 2.45) is 5.92 Å². The first kappa shape index (κ1) is 18.5. The Morgan fingerprint density at radius 2 is 1.65 bits per heavy atom. The molecule has 1 heterocycles. The molecule has 0 N–H and O–H groups in total. The summed E-state index contributed by atoms with van der Waals surface area (Å²) < 4.78 is 39.7. The molecule has 0 saturated carbocycles. The van der Waals surface area contributed by atoms with Crippen LogP contribution in [0, 0.1) is 17.6 Å². The van der Waals surface area contributed by atoms with Gasteiger partial charge in [-0.1, -0.05) is 32.0 Å². The van der Waals surface area contributed by atoms with E-state index in [1.54, 1.807) is 24.3 Å². The van der Waals surface area contributed by atoms with Crippen LogP contribution < -0.4 is 4.74 Å². The number of thiophene rings is 1. The van der Waals surface area contributed by atoms with Crippen LogP contribution in [0.1, 0.15) is 18.7 Å². The lowest BCUT2D eigenvalue weighted by Gasteiger charge is -2.09. The predicted octanol–water partition coefficient (Wildman–Crippen LogP) is 6.66. The Labute approximate surface area is 156 Å². The zero-order chi connectivity index (χ0) is 18.5. The summed E-state index contributed by atoms with van der Waals surface area (Å²) in [4.78, 5) is 1.02. The second-order valence-electron chi connectivity index (χ2n) is 6.39. The van der Waals surface area contributed by atoms with Crippen molar-refractivity contribution in [3.63, 3.8) is 0 Å². The number of benzene rings is 2. The molecule has 3 rings (SSSR count). The molecule has 0 radical (unpaired) electrons. The molecule has 26 heavy (non-hydrogen) atoms. The molecule has 2 aromatic carbocycles. The number of ether oxygens (including phenoxy) is 2. The lowest BCUT2D eigenvalue weighted by molar-refractivity contribution is 0.0989. The minimum absolute atomic E-state index is 0.387. The SMILES string of the molecule is CC(C)COCc1cc(-c2cc(F)c(Oc3ccccc3)c(F)c2)cs1. The molecule has 3 aromatic rings. The van der Waals surface area contributed by atoms with Gasteiger partial charge in [0.1, 0.15) is 5.75 Å². The standard InChI is InChI=1S/C21H20F2O2S/c1-14(2)11-24-12-18-8-16(13-26-18)15-9-19(22)21(20(23)10-15)25-17-6-4-3-5-7-17/h3-10,13-14H,11-12H2,1-2H3. The average molecular weight is 374 g/mol. The minimum atomic E-state index is -0.729. The summed E-state index contributed by atoms with van der Waals surface area (Å²) in [5.41, 5.74) is 1.24. The van der Waals surface area contributed by atoms with E-state index in [9.17, 15) is 8.78 Å². The smallest absolute Gasteiger partial charge is 0.198 e. The van der Waals surface area contributed by atoms with Gasteiger partial charge in [0.2, 0.25) is 0 Å². The Bertz CT molecular complexity index is 836. The maximum atomic E-state index is 14.4. The summed E-state index contributed by atoms with van der Waals surface area (Å²) in [5.74, 6) is -0.996. The van der Waals surface area contributed by atoms with E-state index in [1.165, 1.54) is 23.5 Å². The van der Waals surface area contributed by atoms with Crippen LogP contribution in [0.4, 0.5) is 8.78 Å². The number of rotatable bonds is 7. The van der Waals surface area contributed by atoms with Crippen molar-refractivity contribution in [2.75, 3.05) is 6.61 Å². The van der Waals surface area contributed by atoms with Gasteiger partial charge < -0.3 is 9.47 Å². The first-order chi connectivity index (χ1) is 12.5. The van der Waals surface area contributed by atoms with Gasteiger partial charge in [-0.3, -0.25) is 0 Å². The van der Waals surface area contributed by atoms with Gasteiger partial charge in [0.25, 0.3) is 0 Å². The van der Waals surface area contributed by atoms with E-state index in [0.29, 0.717) is 30.4 Å². The summed E-state index contributed by atoms with van der Waals surface area (Å²) in [7, 11) is 0. The molecule has 0 spiro atoms. The predicted molar refractivity (Wildman–Crippen MR) is 101 cm³/mol. The van der Waals surface area contributed by atoms with Gasteiger partial charge in [-0.15, -0.1) is 11.3 Å². The first-order valence-electron chi connectivity index (χ1n) is 8.40. The third kappa shape index (κ3) is 4.68. The van der Waals surface area contributed by atoms with Crippen molar-refractivity contribution in [2.45, 2.75) is 20.5 Å². The summed E-state index contributed by atoms with van der Waals surface area (Å²) in [6.07, 6.45) is 0. The highest BCUT2D eigenvalue weighted by Crippen LogP contribution is 2.33. The Morgan fingerprint density at radius 1 is 0.962 bits per heavy atom. The van der Waals surface area contributed by atoms with E-state index in [-0.39, 0.29) is 0 Å². The fraction of sp³-hybridized carbons (Fsp3) is 0.238. The van der Waals surface area contributed by atoms with Crippen LogP contribution in [0.2, 0.25) is 0 Å². The van der Waals surface area contributed by atoms with Gasteiger partial charge in [-0.25, -0.2) is 8.78 Å². The highest BCUT2D eigenvalue weighted by atomic mass is 32.1. The lowest BCUT2D eigenvalue weighted by Crippen LogP contribution is -2.00. The monoisotopic (exact) mass is 374 g/mol. The minimum Gasteiger partial charge on any atom is -0.451 e. The molecule has 2 nitrogen and oxygen atoms in total. The largest absolute Gasteiger partial charge is 0.451 e. The Kier molecular flexibility index (Phi) is 6.01. The first-order valence-corrected chi connectivity index (χ1v) is 9.28. The third-order valence-corrected chi connectivity index (χ3v) is 4.55. The quantitative estimate of drug-likeness (QED) is 0.460. The summed E-state index contributed by atoms with van der Waals surface area (Å²) in [6, 6.07) is 13.1. The van der Waals surface area contributed by atoms with Crippen molar-refractivity contribution in [3.8, 4) is 22.6 Å². The summed E-state index contributed by atoms with van der Waals surface area (Å²) in [6.45, 7) is 5.36. The molecule has 1 aromatic heterocycles. The maximum absolute atomic E-state index is 14.4. The van der Waals surface area contributed by atoms with Gasteiger partial charge in [0.15, 0.2) is 17.4 Å². The molecule has 0 bridgehead atoms. The maximum Gasteiger partial charge on any atom is 0.198 e. The van der Waals surface area contributed by atoms with Crippen molar-refractivity contribution in [1.29, 1.82) is 0 Å². The van der Waals surface area contributed by atoms with Gasteiger partial charge in [0.05, 0.1) is 6.61 Å². The summed E-state index contributed by atoms with van der Waals surface area (Å²) in [5, 5.41) is 1.88. The van der Waals surface area contributed by atoms with E-state index in [1.807, 2.05) is 17.5 Å². The molecule has 0 aliphatic heterocycles. The highest BCUT2D eigenvalue weighted by Gasteiger charge is 2.15. The van der Waals surface area contributed by atoms with E-state index in [4.69, 9.17) is 9.47 Å². The summed E-state index contributed by atoms with van der Waals surface area (Å²) >= 11 is 1.51. The number of halogens is 2. The molecular formula is C21H20F2O2S. The number of hydrogen-bond acceptors (Lipinski definition) is 3. The van der Waals surface area contributed by atoms with Crippen molar-refractivity contribution < 1.29 is 18.3 Å². The van der Waals surface area contributed by atoms with Gasteiger partial charge in [0, 0.05) is 11.5 Å². The van der Waals surface area contributed by atoms with Gasteiger partial charge >= 0.3 is 0 Å². The second kappa shape index (κ2) is 8.43. The van der Waals surface area contributed by atoms with Gasteiger partial charge in [-0.2, -0.15) is 0 Å². The molecule has 0 atom stereocenters. The fourth-order valence-electron chi connectivity index (χ4n) is 2.43. The van der Waals surface area contributed by atoms with Crippen LogP contribution in [0.3, 0.4) is 0 Å². The van der Waals surface area contributed by atoms with Crippen molar-refractivity contribution >= 4 is 11.3 Å². The van der Waals surface area contributed by atoms with Crippen LogP contribution in [-0.2, 0) is 11.3 Å². The Balaban J connectivity index is 1.76. The molecule has 0 fully saturated rings. The third-order valence-electron chi connectivity index (χ3n) is 3.64. The topological polar surface area (TPSA) is 18.5 Å². The second-order valence-corrected chi connectivity index (χ2v) is 7.39. The highest BCUT2D eigenvalue weighted by molar-refractivity contribution is 7.10. The molecule has 0 amide bonds. The number of hydrogen-bond donors (Lipinski definition) is 0. The lowest BCUT2D eigenvalue weighted by atomic mass is 10.1. The van der Waals surface area contributed by atoms with Crippen molar-refractivity contribution in [1.82, 2.24) is 0 Å². The molecule has 5 heteroatoms. The van der Waals surface area contributed by atoms with Crippen LogP contribution >= 0.6 is 11.3 Å². The van der Waals surface area contributed by atoms with Crippen LogP contribution in [0.25, 0.3) is 11.1 Å². The van der Waals surface area contributed by atoms with E-state index in [2.05, 4.69) is 13.8 Å². The Hall–Kier alpha value is -2.24. The van der Waals surface area contributed by atoms with E-state index >= 15 is 0 Å². The zero-order valence-electron chi connectivity index (χ0n) is 14.7. The van der Waals surface area contributed by atoms with Crippen molar-refractivity contribution in [3.05, 3.63) is 70.4 Å². The molecule has 0 aliphatic rings. The molecule has 0 unspecified atom stereocenters. The average Bonchev–Trinajstić information content (AvgIpc) is 3.07. The molecular weight excluding hydrogens is 354 g/mol.